The first-order chi connectivity index (χ1) is 13.4. The lowest BCUT2D eigenvalue weighted by Gasteiger charge is -2.06. The van der Waals surface area contributed by atoms with Gasteiger partial charge >= 0.3 is 5.97 Å². The van der Waals surface area contributed by atoms with Crippen LogP contribution in [0, 0.1) is 6.92 Å². The minimum absolute atomic E-state index is 0.0589. The summed E-state index contributed by atoms with van der Waals surface area (Å²) in [4.78, 5) is 36.6. The summed E-state index contributed by atoms with van der Waals surface area (Å²) >= 11 is 0.919. The van der Waals surface area contributed by atoms with Crippen LogP contribution >= 0.6 is 11.3 Å². The van der Waals surface area contributed by atoms with Crippen LogP contribution in [-0.2, 0) is 11.3 Å². The molecule has 3 aromatic rings. The van der Waals surface area contributed by atoms with Crippen molar-refractivity contribution in [3.05, 3.63) is 58.1 Å². The van der Waals surface area contributed by atoms with E-state index in [4.69, 9.17) is 14.9 Å². The van der Waals surface area contributed by atoms with Crippen molar-refractivity contribution in [1.82, 2.24) is 9.78 Å². The number of aromatic nitrogens is 2. The van der Waals surface area contributed by atoms with Crippen molar-refractivity contribution in [2.75, 3.05) is 11.9 Å². The number of hydrogen-bond donors (Lipinski definition) is 2. The van der Waals surface area contributed by atoms with E-state index in [1.807, 2.05) is 0 Å². The van der Waals surface area contributed by atoms with Gasteiger partial charge in [0, 0.05) is 12.4 Å². The number of nitrogens with two attached hydrogens (primary N) is 1. The number of thiophene rings is 1. The molecule has 3 heterocycles. The van der Waals surface area contributed by atoms with E-state index in [0.717, 1.165) is 11.3 Å². The van der Waals surface area contributed by atoms with E-state index in [9.17, 15) is 14.4 Å². The molecule has 0 saturated carbocycles. The van der Waals surface area contributed by atoms with Crippen LogP contribution < -0.4 is 11.1 Å². The zero-order valence-corrected chi connectivity index (χ0v) is 16.0. The standard InChI is InChI=1S/C18H18N4O5S/c1-3-26-18(25)13-10(2)14(15(19)23)28-17(13)21-16(24)12-6-5-11(27-12)9-22-8-4-7-20-22/h4-8H,3,9H2,1-2H3,(H2,19,23)(H,21,24). The summed E-state index contributed by atoms with van der Waals surface area (Å²) in [6.07, 6.45) is 3.41. The predicted octanol–water partition coefficient (Wildman–Crippen LogP) is 2.42. The number of rotatable bonds is 7. The molecule has 0 saturated heterocycles. The third-order valence-electron chi connectivity index (χ3n) is 3.84. The Bertz CT molecular complexity index is 1020. The fourth-order valence-corrected chi connectivity index (χ4v) is 3.63. The molecule has 10 heteroatoms. The van der Waals surface area contributed by atoms with E-state index >= 15 is 0 Å². The van der Waals surface area contributed by atoms with E-state index in [2.05, 4.69) is 10.4 Å². The molecule has 3 N–H and O–H groups in total. The number of nitrogens with zero attached hydrogens (tertiary/aromatic N) is 2. The van der Waals surface area contributed by atoms with Crippen molar-refractivity contribution < 1.29 is 23.5 Å². The molecule has 3 aromatic heterocycles. The van der Waals surface area contributed by atoms with Gasteiger partial charge in [-0.15, -0.1) is 11.3 Å². The molecule has 0 aliphatic heterocycles. The second-order valence-electron chi connectivity index (χ2n) is 5.77. The van der Waals surface area contributed by atoms with Crippen LogP contribution in [0.1, 0.15) is 48.8 Å². The normalized spacial score (nSPS) is 10.6. The quantitative estimate of drug-likeness (QED) is 0.584. The predicted molar refractivity (Wildman–Crippen MR) is 102 cm³/mol. The molecule has 0 aliphatic rings. The molecule has 2 amide bonds. The van der Waals surface area contributed by atoms with E-state index in [-0.39, 0.29) is 27.8 Å². The molecule has 0 bridgehead atoms. The van der Waals surface area contributed by atoms with Crippen LogP contribution in [0.2, 0.25) is 0 Å². The topological polar surface area (TPSA) is 129 Å². The summed E-state index contributed by atoms with van der Waals surface area (Å²) in [5.74, 6) is -1.29. The van der Waals surface area contributed by atoms with Crippen LogP contribution in [0.4, 0.5) is 5.00 Å². The summed E-state index contributed by atoms with van der Waals surface area (Å²) in [5.41, 5.74) is 5.83. The van der Waals surface area contributed by atoms with Crippen LogP contribution in [0.5, 0.6) is 0 Å². The van der Waals surface area contributed by atoms with Crippen LogP contribution in [-0.4, -0.2) is 34.2 Å². The average molecular weight is 402 g/mol. The van der Waals surface area contributed by atoms with Gasteiger partial charge in [0.1, 0.15) is 10.8 Å². The van der Waals surface area contributed by atoms with Crippen molar-refractivity contribution in [2.24, 2.45) is 5.73 Å². The Balaban J connectivity index is 1.83. The fraction of sp³-hybridized carbons (Fsp3) is 0.222. The number of nitrogens with one attached hydrogen (secondary N) is 1. The van der Waals surface area contributed by atoms with Gasteiger partial charge in [0.15, 0.2) is 5.76 Å². The lowest BCUT2D eigenvalue weighted by molar-refractivity contribution is 0.0527. The zero-order valence-electron chi connectivity index (χ0n) is 15.2. The summed E-state index contributed by atoms with van der Waals surface area (Å²) in [6, 6.07) is 4.97. The van der Waals surface area contributed by atoms with Gasteiger partial charge in [-0.05, 0) is 37.6 Å². The molecule has 146 valence electrons. The second kappa shape index (κ2) is 8.09. The Morgan fingerprint density at radius 2 is 2.14 bits per heavy atom. The molecule has 0 fully saturated rings. The number of ether oxygens (including phenoxy) is 1. The largest absolute Gasteiger partial charge is 0.462 e. The molecule has 0 aliphatic carbocycles. The SMILES string of the molecule is CCOC(=O)c1c(NC(=O)c2ccc(Cn3cccn3)o2)sc(C(N)=O)c1C. The molecule has 9 nitrogen and oxygen atoms in total. The first-order valence-corrected chi connectivity index (χ1v) is 9.20. The van der Waals surface area contributed by atoms with Crippen molar-refractivity contribution >= 4 is 34.1 Å². The van der Waals surface area contributed by atoms with Gasteiger partial charge < -0.3 is 20.2 Å². The Labute approximate surface area is 164 Å². The van der Waals surface area contributed by atoms with E-state index < -0.39 is 17.8 Å². The van der Waals surface area contributed by atoms with E-state index in [1.54, 1.807) is 43.1 Å². The zero-order chi connectivity index (χ0) is 20.3. The number of carbonyl (C=O) groups excluding carboxylic acids is 3. The van der Waals surface area contributed by atoms with Gasteiger partial charge in [-0.25, -0.2) is 4.79 Å². The Hall–Kier alpha value is -3.40. The van der Waals surface area contributed by atoms with Gasteiger partial charge in [0.25, 0.3) is 11.8 Å². The first kappa shape index (κ1) is 19.4. The van der Waals surface area contributed by atoms with Crippen molar-refractivity contribution in [2.45, 2.75) is 20.4 Å². The fourth-order valence-electron chi connectivity index (χ4n) is 2.59. The number of amides is 2. The van der Waals surface area contributed by atoms with Crippen LogP contribution in [0.3, 0.4) is 0 Å². The number of hydrogen-bond acceptors (Lipinski definition) is 7. The van der Waals surface area contributed by atoms with Gasteiger partial charge in [0.05, 0.1) is 23.6 Å². The Kier molecular flexibility index (Phi) is 5.59. The lowest BCUT2D eigenvalue weighted by Crippen LogP contribution is -2.14. The van der Waals surface area contributed by atoms with Gasteiger partial charge in [0.2, 0.25) is 0 Å². The van der Waals surface area contributed by atoms with Crippen molar-refractivity contribution in [3.8, 4) is 0 Å². The summed E-state index contributed by atoms with van der Waals surface area (Å²) in [5, 5.41) is 6.86. The number of primary amides is 1. The summed E-state index contributed by atoms with van der Waals surface area (Å²) in [6.45, 7) is 3.77. The number of anilines is 1. The molecule has 3 rings (SSSR count). The number of furan rings is 1. The Morgan fingerprint density at radius 3 is 2.79 bits per heavy atom. The molecular formula is C18H18N4O5S. The minimum atomic E-state index is -0.687. The highest BCUT2D eigenvalue weighted by atomic mass is 32.1. The highest BCUT2D eigenvalue weighted by Gasteiger charge is 2.26. The minimum Gasteiger partial charge on any atom is -0.462 e. The van der Waals surface area contributed by atoms with Crippen LogP contribution in [0.15, 0.2) is 35.0 Å². The highest BCUT2D eigenvalue weighted by molar-refractivity contribution is 7.18. The van der Waals surface area contributed by atoms with E-state index in [1.165, 1.54) is 6.07 Å². The monoisotopic (exact) mass is 402 g/mol. The molecule has 0 aromatic carbocycles. The van der Waals surface area contributed by atoms with E-state index in [0.29, 0.717) is 17.9 Å². The van der Waals surface area contributed by atoms with Gasteiger partial charge in [-0.2, -0.15) is 5.10 Å². The molecule has 0 spiro atoms. The number of esters is 1. The first-order valence-electron chi connectivity index (χ1n) is 8.38. The number of carbonyl (C=O) groups is 3. The smallest absolute Gasteiger partial charge is 0.341 e. The third kappa shape index (κ3) is 3.96. The molecule has 0 unspecified atom stereocenters. The van der Waals surface area contributed by atoms with Crippen molar-refractivity contribution in [1.29, 1.82) is 0 Å². The Morgan fingerprint density at radius 1 is 1.36 bits per heavy atom. The van der Waals surface area contributed by atoms with Gasteiger partial charge in [-0.1, -0.05) is 0 Å². The molecule has 28 heavy (non-hydrogen) atoms. The summed E-state index contributed by atoms with van der Waals surface area (Å²) < 4.78 is 12.2. The molecule has 0 radical (unpaired) electrons. The highest BCUT2D eigenvalue weighted by Crippen LogP contribution is 2.34. The molecule has 0 atom stereocenters. The van der Waals surface area contributed by atoms with Crippen LogP contribution in [0.25, 0.3) is 0 Å². The maximum atomic E-state index is 12.6. The van der Waals surface area contributed by atoms with Crippen molar-refractivity contribution in [3.63, 3.8) is 0 Å². The maximum Gasteiger partial charge on any atom is 0.341 e. The third-order valence-corrected chi connectivity index (χ3v) is 5.06. The summed E-state index contributed by atoms with van der Waals surface area (Å²) in [7, 11) is 0. The lowest BCUT2D eigenvalue weighted by atomic mass is 10.1. The average Bonchev–Trinajstić information content (AvgIpc) is 3.36. The maximum absolute atomic E-state index is 12.6. The second-order valence-corrected chi connectivity index (χ2v) is 6.79. The molecular weight excluding hydrogens is 384 g/mol. The van der Waals surface area contributed by atoms with Gasteiger partial charge in [-0.3, -0.25) is 14.3 Å².